The summed E-state index contributed by atoms with van der Waals surface area (Å²) in [7, 11) is -5.95. The van der Waals surface area contributed by atoms with Crippen LogP contribution in [0.3, 0.4) is 0 Å². The van der Waals surface area contributed by atoms with E-state index in [9.17, 15) is 0 Å². The summed E-state index contributed by atoms with van der Waals surface area (Å²) < 4.78 is 2.51. The first-order chi connectivity index (χ1) is 46.3. The molecule has 0 radical (unpaired) electrons. The van der Waals surface area contributed by atoms with Gasteiger partial charge in [-0.2, -0.15) is 0 Å². The van der Waals surface area contributed by atoms with Crippen molar-refractivity contribution in [3.05, 3.63) is 363 Å². The topological polar surface area (TPSA) is 11.4 Å². The van der Waals surface area contributed by atoms with E-state index < -0.39 is 16.1 Å². The predicted molar refractivity (Wildman–Crippen MR) is 406 cm³/mol. The van der Waals surface area contributed by atoms with Gasteiger partial charge >= 0.3 is 0 Å². The van der Waals surface area contributed by atoms with Crippen LogP contribution in [-0.2, 0) is 5.41 Å². The van der Waals surface area contributed by atoms with E-state index in [1.165, 1.54) is 108 Å². The first kappa shape index (κ1) is 56.9. The molecule has 446 valence electrons. The number of hydrogen-bond acceptors (Lipinski definition) is 2. The number of fused-ring (bicyclic) bond motifs is 7. The molecule has 0 aliphatic carbocycles. The number of aromatic nitrogens is 1. The van der Waals surface area contributed by atoms with Gasteiger partial charge in [-0.3, -0.25) is 0 Å². The Balaban J connectivity index is 0.965. The van der Waals surface area contributed by atoms with E-state index in [1.54, 1.807) is 0 Å². The molecule has 14 aromatic carbocycles. The van der Waals surface area contributed by atoms with Gasteiger partial charge in [0.2, 0.25) is 0 Å². The second-order valence-corrected chi connectivity index (χ2v) is 33.9. The van der Waals surface area contributed by atoms with E-state index in [1.807, 2.05) is 0 Å². The number of benzene rings is 14. The highest BCUT2D eigenvalue weighted by atomic mass is 28.3. The van der Waals surface area contributed by atoms with Crippen molar-refractivity contribution in [2.24, 2.45) is 0 Å². The van der Waals surface area contributed by atoms with Gasteiger partial charge in [0.25, 0.3) is 6.71 Å². The number of para-hydroxylation sites is 3. The molecule has 0 amide bonds. The zero-order valence-corrected chi connectivity index (χ0v) is 55.0. The second-order valence-electron chi connectivity index (χ2n) is 26.3. The molecule has 17 rings (SSSR count). The van der Waals surface area contributed by atoms with Crippen molar-refractivity contribution >= 4 is 137 Å². The molecular weight excluding hydrogens is 1170 g/mol. The van der Waals surface area contributed by atoms with Gasteiger partial charge in [-0.05, 0) is 141 Å². The molecule has 0 unspecified atom stereocenters. The van der Waals surface area contributed by atoms with Gasteiger partial charge in [0.05, 0.1) is 16.7 Å². The summed E-state index contributed by atoms with van der Waals surface area (Å²) in [6.07, 6.45) is 0. The predicted octanol–water partition coefficient (Wildman–Crippen LogP) is 14.6. The molecule has 2 aliphatic rings. The fourth-order valence-electron chi connectivity index (χ4n) is 16.0. The minimum atomic E-state index is -3.04. The van der Waals surface area contributed by atoms with Crippen molar-refractivity contribution in [2.45, 2.75) is 26.2 Å². The van der Waals surface area contributed by atoms with Crippen molar-refractivity contribution < 1.29 is 0 Å². The number of hydrogen-bond donors (Lipinski definition) is 0. The van der Waals surface area contributed by atoms with Crippen molar-refractivity contribution in [1.29, 1.82) is 0 Å². The van der Waals surface area contributed by atoms with Crippen molar-refractivity contribution in [2.75, 3.05) is 9.80 Å². The molecule has 0 saturated heterocycles. The Morgan fingerprint density at radius 1 is 0.266 bits per heavy atom. The molecule has 94 heavy (non-hydrogen) atoms. The van der Waals surface area contributed by atoms with Gasteiger partial charge in [0, 0.05) is 44.9 Å². The standard InChI is InChI=1S/C88H68BN3Si2/c1-88(2,3)65-50-46-63(47-51-65)64-48-52-66(53-49-64)90-83-45-27-24-42-79(83)89-80-62-76(94(72-34-16-7-17-35-72,73-36-18-8-19-37-73)74-38-20-9-21-39-74)58-59-84(80)91(86-61-68(60-85(90)87(86)89)92-81-43-25-22-40-77(81)78-41-23-26-44-82(78)92)67-54-56-75(57-55-67)93(69-28-10-4-11-29-69,70-30-12-5-13-31-70)71-32-14-6-15-33-71/h4-62H,1-3H3. The summed E-state index contributed by atoms with van der Waals surface area (Å²) in [6.45, 7) is 6.69. The van der Waals surface area contributed by atoms with Crippen LogP contribution >= 0.6 is 0 Å². The molecule has 1 aromatic heterocycles. The molecule has 2 aliphatic heterocycles. The second kappa shape index (κ2) is 23.0. The van der Waals surface area contributed by atoms with Crippen LogP contribution in [0.15, 0.2) is 358 Å². The summed E-state index contributed by atoms with van der Waals surface area (Å²) in [5, 5.41) is 13.2. The van der Waals surface area contributed by atoms with Gasteiger partial charge in [-0.1, -0.05) is 318 Å². The molecule has 0 spiro atoms. The lowest BCUT2D eigenvalue weighted by Gasteiger charge is -2.45. The average molecular weight is 1230 g/mol. The van der Waals surface area contributed by atoms with Crippen LogP contribution in [0, 0.1) is 0 Å². The summed E-state index contributed by atoms with van der Waals surface area (Å²) in [6, 6.07) is 136. The Morgan fingerprint density at radius 2 is 0.606 bits per heavy atom. The highest BCUT2D eigenvalue weighted by molar-refractivity contribution is 7.20. The minimum absolute atomic E-state index is 0.0627. The van der Waals surface area contributed by atoms with Gasteiger partial charge in [-0.15, -0.1) is 0 Å². The van der Waals surface area contributed by atoms with Crippen LogP contribution in [0.1, 0.15) is 26.3 Å². The van der Waals surface area contributed by atoms with Crippen LogP contribution in [-0.4, -0.2) is 27.4 Å². The maximum Gasteiger partial charge on any atom is 0.252 e. The minimum Gasteiger partial charge on any atom is -0.311 e. The Labute approximate surface area is 553 Å². The molecule has 3 nitrogen and oxygen atoms in total. The molecule has 15 aromatic rings. The van der Waals surface area contributed by atoms with E-state index in [0.717, 1.165) is 28.4 Å². The lowest BCUT2D eigenvalue weighted by Crippen LogP contribution is -2.75. The van der Waals surface area contributed by atoms with Crippen molar-refractivity contribution in [3.63, 3.8) is 0 Å². The first-order valence-corrected chi connectivity index (χ1v) is 36.9. The van der Waals surface area contributed by atoms with Crippen LogP contribution in [0.2, 0.25) is 0 Å². The summed E-state index contributed by atoms with van der Waals surface area (Å²) in [5.74, 6) is 0. The smallest absolute Gasteiger partial charge is 0.252 e. The zero-order chi connectivity index (χ0) is 63.0. The Kier molecular flexibility index (Phi) is 13.9. The van der Waals surface area contributed by atoms with E-state index >= 15 is 0 Å². The summed E-state index contributed by atoms with van der Waals surface area (Å²) in [4.78, 5) is 5.20. The molecule has 0 atom stereocenters. The molecule has 0 saturated carbocycles. The average Bonchev–Trinajstić information content (AvgIpc) is 0.760. The zero-order valence-electron chi connectivity index (χ0n) is 53.0. The quantitative estimate of drug-likeness (QED) is 0.0892. The number of anilines is 6. The van der Waals surface area contributed by atoms with Gasteiger partial charge in [0.1, 0.15) is 0 Å². The fraction of sp³-hybridized carbons (Fsp3) is 0.0455. The van der Waals surface area contributed by atoms with Gasteiger partial charge in [-0.25, -0.2) is 0 Å². The summed E-state index contributed by atoms with van der Waals surface area (Å²) in [5.41, 5.74) is 17.9. The first-order valence-electron chi connectivity index (χ1n) is 32.9. The summed E-state index contributed by atoms with van der Waals surface area (Å²) >= 11 is 0. The van der Waals surface area contributed by atoms with E-state index in [4.69, 9.17) is 0 Å². The number of rotatable bonds is 12. The molecule has 3 heterocycles. The molecular formula is C88H68BN3Si2. The highest BCUT2D eigenvalue weighted by Gasteiger charge is 2.48. The Bertz CT molecular complexity index is 5020. The van der Waals surface area contributed by atoms with Crippen molar-refractivity contribution in [3.8, 4) is 16.8 Å². The highest BCUT2D eigenvalue weighted by Crippen LogP contribution is 2.47. The molecule has 6 heteroatoms. The normalized spacial score (nSPS) is 12.8. The van der Waals surface area contributed by atoms with E-state index in [-0.39, 0.29) is 12.1 Å². The Hall–Kier alpha value is -11.0. The van der Waals surface area contributed by atoms with E-state index in [0.29, 0.717) is 0 Å². The largest absolute Gasteiger partial charge is 0.311 e. The fourth-order valence-corrected chi connectivity index (χ4v) is 25.5. The van der Waals surface area contributed by atoms with Crippen molar-refractivity contribution in [1.82, 2.24) is 4.57 Å². The van der Waals surface area contributed by atoms with Crippen LogP contribution in [0.25, 0.3) is 38.6 Å². The molecule has 0 bridgehead atoms. The van der Waals surface area contributed by atoms with Crippen LogP contribution < -0.4 is 67.7 Å². The maximum absolute atomic E-state index is 3.04. The van der Waals surface area contributed by atoms with Crippen LogP contribution in [0.5, 0.6) is 0 Å². The van der Waals surface area contributed by atoms with Crippen LogP contribution in [0.4, 0.5) is 34.1 Å². The van der Waals surface area contributed by atoms with Gasteiger partial charge < -0.3 is 14.4 Å². The molecule has 0 fully saturated rings. The lowest BCUT2D eigenvalue weighted by atomic mass is 9.33. The monoisotopic (exact) mass is 1230 g/mol. The Morgan fingerprint density at radius 3 is 1.04 bits per heavy atom. The molecule has 0 N–H and O–H groups in total. The SMILES string of the molecule is CC(C)(C)c1ccc(-c2ccc(N3c4ccccc4B4c5cc([Si](c6ccccc6)(c6ccccc6)c6ccccc6)ccc5N(c5ccc([Si](c6ccccc6)(c6ccccc6)c6ccccc6)cc5)c5cc(-n6c7ccccc7c7ccccc76)cc3c54)cc2)cc1. The van der Waals surface area contributed by atoms with E-state index in [2.05, 4.69) is 393 Å². The lowest BCUT2D eigenvalue weighted by molar-refractivity contribution is 0.590. The number of nitrogens with zero attached hydrogens (tertiary/aromatic N) is 3. The third-order valence-corrected chi connectivity index (χ3v) is 29.8. The third kappa shape index (κ3) is 9.07. The maximum atomic E-state index is 2.65. The van der Waals surface area contributed by atoms with Gasteiger partial charge in [0.15, 0.2) is 16.1 Å². The third-order valence-electron chi connectivity index (χ3n) is 20.2.